The first kappa shape index (κ1) is 16.2. The van der Waals surface area contributed by atoms with Crippen molar-refractivity contribution in [3.05, 3.63) is 59.7 Å². The van der Waals surface area contributed by atoms with Gasteiger partial charge in [0.15, 0.2) is 5.78 Å². The monoisotopic (exact) mass is 352 g/mol. The van der Waals surface area contributed by atoms with Crippen molar-refractivity contribution in [2.24, 2.45) is 0 Å². The Labute approximate surface area is 151 Å². The van der Waals surface area contributed by atoms with Crippen LogP contribution < -0.4 is 4.90 Å². The molecule has 1 fully saturated rings. The third kappa shape index (κ3) is 3.16. The highest BCUT2D eigenvalue weighted by Gasteiger charge is 2.27. The van der Waals surface area contributed by atoms with E-state index in [0.717, 1.165) is 23.7 Å². The fourth-order valence-corrected chi connectivity index (χ4v) is 4.58. The fourth-order valence-electron chi connectivity index (χ4n) is 3.44. The zero-order valence-electron chi connectivity index (χ0n) is 14.0. The van der Waals surface area contributed by atoms with Gasteiger partial charge in [-0.15, -0.1) is 11.8 Å². The van der Waals surface area contributed by atoms with Crippen LogP contribution in [0.25, 0.3) is 0 Å². The number of hydrogen-bond donors (Lipinski definition) is 0. The van der Waals surface area contributed by atoms with E-state index < -0.39 is 0 Å². The normalized spacial score (nSPS) is 17.4. The molecule has 25 heavy (non-hydrogen) atoms. The first-order valence-electron chi connectivity index (χ1n) is 8.62. The van der Waals surface area contributed by atoms with Crippen LogP contribution in [0.4, 0.5) is 5.69 Å². The van der Waals surface area contributed by atoms with E-state index >= 15 is 0 Å². The van der Waals surface area contributed by atoms with Crippen molar-refractivity contribution in [1.29, 1.82) is 0 Å². The molecule has 2 aliphatic heterocycles. The van der Waals surface area contributed by atoms with Crippen LogP contribution in [-0.2, 0) is 0 Å². The Hall–Kier alpha value is -2.27. The molecule has 0 bridgehead atoms. The number of thioether (sulfide) groups is 1. The molecule has 5 heteroatoms. The number of anilines is 1. The quantitative estimate of drug-likeness (QED) is 0.831. The Morgan fingerprint density at radius 3 is 2.44 bits per heavy atom. The summed E-state index contributed by atoms with van der Waals surface area (Å²) in [6, 6.07) is 15.8. The molecule has 0 unspecified atom stereocenters. The van der Waals surface area contributed by atoms with E-state index in [2.05, 4.69) is 17.0 Å². The van der Waals surface area contributed by atoms with Crippen molar-refractivity contribution < 1.29 is 9.59 Å². The van der Waals surface area contributed by atoms with Gasteiger partial charge in [-0.05, 0) is 18.2 Å². The highest BCUT2D eigenvalue weighted by molar-refractivity contribution is 7.99. The number of carbonyl (C=O) groups excluding carboxylic acids is 2. The summed E-state index contributed by atoms with van der Waals surface area (Å²) in [7, 11) is 0. The lowest BCUT2D eigenvalue weighted by Crippen LogP contribution is -2.49. The zero-order chi connectivity index (χ0) is 17.2. The molecule has 4 rings (SSSR count). The molecule has 2 aromatic carbocycles. The van der Waals surface area contributed by atoms with Crippen molar-refractivity contribution in [2.45, 2.75) is 11.3 Å². The maximum Gasteiger partial charge on any atom is 0.255 e. The Morgan fingerprint density at radius 1 is 0.920 bits per heavy atom. The average molecular weight is 352 g/mol. The SMILES string of the molecule is O=C1CCSc2c1cccc2C(=O)N1CCN(c2ccccc2)CC1. The molecule has 0 N–H and O–H groups in total. The molecule has 2 aromatic rings. The van der Waals surface area contributed by atoms with Gasteiger partial charge in [-0.2, -0.15) is 0 Å². The summed E-state index contributed by atoms with van der Waals surface area (Å²) in [5, 5.41) is 0. The smallest absolute Gasteiger partial charge is 0.255 e. The summed E-state index contributed by atoms with van der Waals surface area (Å²) >= 11 is 1.63. The number of piperazine rings is 1. The van der Waals surface area contributed by atoms with Crippen LogP contribution in [0.15, 0.2) is 53.4 Å². The molecular formula is C20H20N2O2S. The second kappa shape index (κ2) is 6.92. The molecule has 0 spiro atoms. The van der Waals surface area contributed by atoms with E-state index in [1.54, 1.807) is 11.8 Å². The Bertz CT molecular complexity index is 799. The molecule has 0 aromatic heterocycles. The lowest BCUT2D eigenvalue weighted by molar-refractivity contribution is 0.0743. The minimum Gasteiger partial charge on any atom is -0.368 e. The van der Waals surface area contributed by atoms with E-state index in [1.165, 1.54) is 5.69 Å². The number of hydrogen-bond acceptors (Lipinski definition) is 4. The number of nitrogens with zero attached hydrogens (tertiary/aromatic N) is 2. The topological polar surface area (TPSA) is 40.6 Å². The summed E-state index contributed by atoms with van der Waals surface area (Å²) < 4.78 is 0. The predicted octanol–water partition coefficient (Wildman–Crippen LogP) is 3.33. The molecule has 4 nitrogen and oxygen atoms in total. The first-order valence-corrected chi connectivity index (χ1v) is 9.61. The summed E-state index contributed by atoms with van der Waals surface area (Å²) in [6.45, 7) is 3.07. The van der Waals surface area contributed by atoms with Crippen molar-refractivity contribution in [1.82, 2.24) is 4.90 Å². The highest BCUT2D eigenvalue weighted by Crippen LogP contribution is 2.33. The third-order valence-corrected chi connectivity index (χ3v) is 5.95. The molecule has 0 aliphatic carbocycles. The number of rotatable bonds is 2. The largest absolute Gasteiger partial charge is 0.368 e. The Balaban J connectivity index is 1.50. The maximum absolute atomic E-state index is 13.0. The number of Topliss-reactive ketones (excluding diaryl/α,β-unsaturated/α-hetero) is 1. The van der Waals surface area contributed by atoms with Crippen molar-refractivity contribution in [3.63, 3.8) is 0 Å². The molecule has 0 atom stereocenters. The minimum atomic E-state index is 0.0479. The molecule has 1 amide bonds. The van der Waals surface area contributed by atoms with Crippen LogP contribution in [0.1, 0.15) is 27.1 Å². The summed E-state index contributed by atoms with van der Waals surface area (Å²) in [5.41, 5.74) is 2.60. The van der Waals surface area contributed by atoms with E-state index in [1.807, 2.05) is 41.3 Å². The molecule has 2 aliphatic rings. The molecule has 0 saturated carbocycles. The van der Waals surface area contributed by atoms with Gasteiger partial charge in [-0.25, -0.2) is 0 Å². The van der Waals surface area contributed by atoms with Crippen LogP contribution in [-0.4, -0.2) is 48.5 Å². The number of ketones is 1. The Morgan fingerprint density at radius 2 is 1.68 bits per heavy atom. The number of fused-ring (bicyclic) bond motifs is 1. The molecule has 2 heterocycles. The van der Waals surface area contributed by atoms with Gasteiger partial charge < -0.3 is 9.80 Å². The van der Waals surface area contributed by atoms with Gasteiger partial charge in [0.05, 0.1) is 5.56 Å². The second-order valence-corrected chi connectivity index (χ2v) is 7.42. The molecule has 0 radical (unpaired) electrons. The van der Waals surface area contributed by atoms with Gasteiger partial charge >= 0.3 is 0 Å². The van der Waals surface area contributed by atoms with Gasteiger partial charge in [-0.3, -0.25) is 9.59 Å². The van der Waals surface area contributed by atoms with Crippen molar-refractivity contribution in [3.8, 4) is 0 Å². The minimum absolute atomic E-state index is 0.0479. The Kier molecular flexibility index (Phi) is 4.49. The number of para-hydroxylation sites is 1. The third-order valence-electron chi connectivity index (χ3n) is 4.81. The van der Waals surface area contributed by atoms with Crippen molar-refractivity contribution in [2.75, 3.05) is 36.8 Å². The summed E-state index contributed by atoms with van der Waals surface area (Å²) in [5.74, 6) is 0.960. The van der Waals surface area contributed by atoms with Crippen LogP contribution in [0, 0.1) is 0 Å². The van der Waals surface area contributed by atoms with Gasteiger partial charge in [0, 0.05) is 54.5 Å². The van der Waals surface area contributed by atoms with Crippen molar-refractivity contribution >= 4 is 29.1 Å². The van der Waals surface area contributed by atoms with Crippen LogP contribution in [0.2, 0.25) is 0 Å². The molecule has 1 saturated heterocycles. The van der Waals surface area contributed by atoms with Gasteiger partial charge in [0.2, 0.25) is 0 Å². The van der Waals surface area contributed by atoms with Gasteiger partial charge in [0.1, 0.15) is 0 Å². The van der Waals surface area contributed by atoms with E-state index in [-0.39, 0.29) is 11.7 Å². The number of benzene rings is 2. The van der Waals surface area contributed by atoms with Crippen LogP contribution in [0.5, 0.6) is 0 Å². The first-order chi connectivity index (χ1) is 12.2. The van der Waals surface area contributed by atoms with Crippen LogP contribution >= 0.6 is 11.8 Å². The van der Waals surface area contributed by atoms with E-state index in [9.17, 15) is 9.59 Å². The number of carbonyl (C=O) groups is 2. The molecule has 128 valence electrons. The lowest BCUT2D eigenvalue weighted by atomic mass is 10.0. The average Bonchev–Trinajstić information content (AvgIpc) is 2.68. The van der Waals surface area contributed by atoms with E-state index in [4.69, 9.17) is 0 Å². The molecular weight excluding hydrogens is 332 g/mol. The fraction of sp³-hybridized carbons (Fsp3) is 0.300. The summed E-state index contributed by atoms with van der Waals surface area (Å²) in [4.78, 5) is 30.2. The second-order valence-electron chi connectivity index (χ2n) is 6.32. The lowest BCUT2D eigenvalue weighted by Gasteiger charge is -2.36. The number of amides is 1. The predicted molar refractivity (Wildman–Crippen MR) is 101 cm³/mol. The standard InChI is InChI=1S/C20H20N2O2S/c23-18-9-14-25-19-16(18)7-4-8-17(19)20(24)22-12-10-21(11-13-22)15-5-2-1-3-6-15/h1-8H,9-14H2. The zero-order valence-corrected chi connectivity index (χ0v) is 14.8. The van der Waals surface area contributed by atoms with Gasteiger partial charge in [0.25, 0.3) is 5.91 Å². The highest BCUT2D eigenvalue weighted by atomic mass is 32.2. The van der Waals surface area contributed by atoms with Gasteiger partial charge in [-0.1, -0.05) is 30.3 Å². The maximum atomic E-state index is 13.0. The van der Waals surface area contributed by atoms with Crippen LogP contribution in [0.3, 0.4) is 0 Å². The van der Waals surface area contributed by atoms with E-state index in [0.29, 0.717) is 30.6 Å². The summed E-state index contributed by atoms with van der Waals surface area (Å²) in [6.07, 6.45) is 0.561.